The molecule has 0 aliphatic carbocycles. The molecule has 6 heteroatoms. The van der Waals surface area contributed by atoms with Crippen LogP contribution in [0.15, 0.2) is 47.1 Å². The first-order valence-electron chi connectivity index (χ1n) is 8.37. The zero-order valence-corrected chi connectivity index (χ0v) is 14.2. The maximum atomic E-state index is 13.0. The number of furan rings is 1. The zero-order chi connectivity index (χ0) is 17.8. The van der Waals surface area contributed by atoms with Crippen LogP contribution in [0.5, 0.6) is 0 Å². The van der Waals surface area contributed by atoms with Crippen LogP contribution in [0.25, 0.3) is 0 Å². The first kappa shape index (κ1) is 17.2. The first-order valence-corrected chi connectivity index (χ1v) is 8.37. The molecule has 0 N–H and O–H groups in total. The smallest absolute Gasteiger partial charge is 0.289 e. The van der Waals surface area contributed by atoms with Gasteiger partial charge in [-0.05, 0) is 42.7 Å². The lowest BCUT2D eigenvalue weighted by Gasteiger charge is -2.32. The molecule has 2 amide bonds. The highest BCUT2D eigenvalue weighted by Crippen LogP contribution is 2.22. The number of likely N-dealkylation sites (tertiary alicyclic amines) is 1. The Labute approximate surface area is 146 Å². The van der Waals surface area contributed by atoms with Gasteiger partial charge in [0.05, 0.1) is 6.26 Å². The summed E-state index contributed by atoms with van der Waals surface area (Å²) < 4.78 is 18.1. The number of carbonyl (C=O) groups is 2. The number of rotatable bonds is 4. The number of carbonyl (C=O) groups excluding carboxylic acids is 2. The molecule has 1 aromatic carbocycles. The van der Waals surface area contributed by atoms with Crippen molar-refractivity contribution in [3.8, 4) is 0 Å². The molecule has 1 aliphatic heterocycles. The molecule has 2 aromatic rings. The van der Waals surface area contributed by atoms with Crippen molar-refractivity contribution in [3.63, 3.8) is 0 Å². The largest absolute Gasteiger partial charge is 0.459 e. The standard InChI is InChI=1S/C19H21FN2O3/c1-21(13-14-4-6-16(20)7-5-14)18(23)15-8-10-22(11-9-15)19(24)17-3-2-12-25-17/h2-7,12,15H,8-11,13H2,1H3. The molecule has 0 bridgehead atoms. The van der Waals surface area contributed by atoms with Crippen LogP contribution >= 0.6 is 0 Å². The van der Waals surface area contributed by atoms with Gasteiger partial charge in [0, 0.05) is 32.6 Å². The van der Waals surface area contributed by atoms with E-state index in [1.807, 2.05) is 0 Å². The third kappa shape index (κ3) is 4.07. The second kappa shape index (κ2) is 7.51. The van der Waals surface area contributed by atoms with Gasteiger partial charge in [0.15, 0.2) is 5.76 Å². The minimum atomic E-state index is -0.286. The molecular formula is C19H21FN2O3. The predicted molar refractivity (Wildman–Crippen MR) is 90.2 cm³/mol. The third-order valence-electron chi connectivity index (χ3n) is 4.57. The second-order valence-corrected chi connectivity index (χ2v) is 6.36. The number of amides is 2. The number of benzene rings is 1. The van der Waals surface area contributed by atoms with Crippen LogP contribution in [0.3, 0.4) is 0 Å². The predicted octanol–water partition coefficient (Wildman–Crippen LogP) is 2.93. The van der Waals surface area contributed by atoms with E-state index in [0.29, 0.717) is 38.2 Å². The van der Waals surface area contributed by atoms with E-state index in [-0.39, 0.29) is 23.5 Å². The van der Waals surface area contributed by atoms with Gasteiger partial charge in [0.1, 0.15) is 5.82 Å². The fourth-order valence-electron chi connectivity index (χ4n) is 3.14. The van der Waals surface area contributed by atoms with Gasteiger partial charge in [-0.15, -0.1) is 0 Å². The molecule has 3 rings (SSSR count). The molecule has 0 unspecified atom stereocenters. The lowest BCUT2D eigenvalue weighted by Crippen LogP contribution is -2.43. The monoisotopic (exact) mass is 344 g/mol. The molecule has 0 saturated carbocycles. The molecular weight excluding hydrogens is 323 g/mol. The fourth-order valence-corrected chi connectivity index (χ4v) is 3.14. The lowest BCUT2D eigenvalue weighted by molar-refractivity contribution is -0.136. The molecule has 1 aromatic heterocycles. The maximum absolute atomic E-state index is 13.0. The molecule has 0 spiro atoms. The minimum absolute atomic E-state index is 0.0643. The maximum Gasteiger partial charge on any atom is 0.289 e. The van der Waals surface area contributed by atoms with Crippen LogP contribution in [0.1, 0.15) is 29.0 Å². The number of piperidine rings is 1. The topological polar surface area (TPSA) is 53.8 Å². The van der Waals surface area contributed by atoms with Gasteiger partial charge in [-0.2, -0.15) is 0 Å². The van der Waals surface area contributed by atoms with E-state index < -0.39 is 0 Å². The van der Waals surface area contributed by atoms with E-state index in [4.69, 9.17) is 4.42 Å². The summed E-state index contributed by atoms with van der Waals surface area (Å²) >= 11 is 0. The molecule has 2 heterocycles. The summed E-state index contributed by atoms with van der Waals surface area (Å²) in [5, 5.41) is 0. The SMILES string of the molecule is CN(Cc1ccc(F)cc1)C(=O)C1CCN(C(=O)c2ccco2)CC1. The number of hydrogen-bond donors (Lipinski definition) is 0. The molecule has 1 aliphatic rings. The number of nitrogens with zero attached hydrogens (tertiary/aromatic N) is 2. The van der Waals surface area contributed by atoms with Gasteiger partial charge in [-0.1, -0.05) is 12.1 Å². The normalized spacial score (nSPS) is 15.2. The summed E-state index contributed by atoms with van der Waals surface area (Å²) in [6.07, 6.45) is 2.76. The van der Waals surface area contributed by atoms with Crippen LogP contribution < -0.4 is 0 Å². The van der Waals surface area contributed by atoms with Crippen molar-refractivity contribution in [1.82, 2.24) is 9.80 Å². The van der Waals surface area contributed by atoms with Gasteiger partial charge in [0.25, 0.3) is 5.91 Å². The minimum Gasteiger partial charge on any atom is -0.459 e. The summed E-state index contributed by atoms with van der Waals surface area (Å²) in [6.45, 7) is 1.53. The molecule has 25 heavy (non-hydrogen) atoms. The van der Waals surface area contributed by atoms with Crippen LogP contribution in [-0.4, -0.2) is 41.8 Å². The average Bonchev–Trinajstić information content (AvgIpc) is 3.17. The van der Waals surface area contributed by atoms with Gasteiger partial charge >= 0.3 is 0 Å². The van der Waals surface area contributed by atoms with Crippen molar-refractivity contribution < 1.29 is 18.4 Å². The summed E-state index contributed by atoms with van der Waals surface area (Å²) in [6, 6.07) is 9.50. The lowest BCUT2D eigenvalue weighted by atomic mass is 9.95. The van der Waals surface area contributed by atoms with E-state index >= 15 is 0 Å². The average molecular weight is 344 g/mol. The Morgan fingerprint density at radius 2 is 1.88 bits per heavy atom. The second-order valence-electron chi connectivity index (χ2n) is 6.36. The first-order chi connectivity index (χ1) is 12.0. The van der Waals surface area contributed by atoms with E-state index in [0.717, 1.165) is 5.56 Å². The van der Waals surface area contributed by atoms with Crippen molar-refractivity contribution in [2.24, 2.45) is 5.92 Å². The quantitative estimate of drug-likeness (QED) is 0.857. The van der Waals surface area contributed by atoms with Crippen LogP contribution in [0, 0.1) is 11.7 Å². The third-order valence-corrected chi connectivity index (χ3v) is 4.57. The van der Waals surface area contributed by atoms with Crippen molar-refractivity contribution in [3.05, 3.63) is 59.8 Å². The summed E-state index contributed by atoms with van der Waals surface area (Å²) in [5.74, 6) is -0.111. The Morgan fingerprint density at radius 3 is 2.48 bits per heavy atom. The Kier molecular flexibility index (Phi) is 5.16. The van der Waals surface area contributed by atoms with Crippen LogP contribution in [0.2, 0.25) is 0 Å². The highest BCUT2D eigenvalue weighted by atomic mass is 19.1. The summed E-state index contributed by atoms with van der Waals surface area (Å²) in [4.78, 5) is 28.2. The molecule has 1 saturated heterocycles. The molecule has 1 fully saturated rings. The highest BCUT2D eigenvalue weighted by Gasteiger charge is 2.30. The van der Waals surface area contributed by atoms with Crippen LogP contribution in [-0.2, 0) is 11.3 Å². The van der Waals surface area contributed by atoms with Crippen molar-refractivity contribution in [2.75, 3.05) is 20.1 Å². The Balaban J connectivity index is 1.52. The Hall–Kier alpha value is -2.63. The number of hydrogen-bond acceptors (Lipinski definition) is 3. The van der Waals surface area contributed by atoms with E-state index in [1.54, 1.807) is 41.1 Å². The molecule has 0 atom stereocenters. The van der Waals surface area contributed by atoms with Crippen LogP contribution in [0.4, 0.5) is 4.39 Å². The summed E-state index contributed by atoms with van der Waals surface area (Å²) in [5.41, 5.74) is 0.891. The van der Waals surface area contributed by atoms with Crippen molar-refractivity contribution in [1.29, 1.82) is 0 Å². The number of halogens is 1. The van der Waals surface area contributed by atoms with E-state index in [9.17, 15) is 14.0 Å². The Morgan fingerprint density at radius 1 is 1.20 bits per heavy atom. The van der Waals surface area contributed by atoms with Gasteiger partial charge in [-0.3, -0.25) is 9.59 Å². The van der Waals surface area contributed by atoms with Gasteiger partial charge in [0.2, 0.25) is 5.91 Å². The van der Waals surface area contributed by atoms with Crippen molar-refractivity contribution in [2.45, 2.75) is 19.4 Å². The van der Waals surface area contributed by atoms with Crippen molar-refractivity contribution >= 4 is 11.8 Å². The zero-order valence-electron chi connectivity index (χ0n) is 14.2. The summed E-state index contributed by atoms with van der Waals surface area (Å²) in [7, 11) is 1.76. The fraction of sp³-hybridized carbons (Fsp3) is 0.368. The van der Waals surface area contributed by atoms with E-state index in [1.165, 1.54) is 18.4 Å². The molecule has 5 nitrogen and oxygen atoms in total. The molecule has 132 valence electrons. The Bertz CT molecular complexity index is 720. The van der Waals surface area contributed by atoms with Gasteiger partial charge in [-0.25, -0.2) is 4.39 Å². The van der Waals surface area contributed by atoms with E-state index in [2.05, 4.69) is 0 Å². The molecule has 0 radical (unpaired) electrons. The highest BCUT2D eigenvalue weighted by molar-refractivity contribution is 5.91. The van der Waals surface area contributed by atoms with Gasteiger partial charge < -0.3 is 14.2 Å².